The summed E-state index contributed by atoms with van der Waals surface area (Å²) in [6.45, 7) is 10.8. The van der Waals surface area contributed by atoms with Gasteiger partial charge in [0.25, 0.3) is 0 Å². The molecule has 7 heteroatoms. The molecule has 2 rings (SSSR count). The lowest BCUT2D eigenvalue weighted by molar-refractivity contribution is 0.219. The van der Waals surface area contributed by atoms with E-state index in [9.17, 15) is 0 Å². The highest BCUT2D eigenvalue weighted by Crippen LogP contribution is 2.19. The van der Waals surface area contributed by atoms with Crippen molar-refractivity contribution in [2.75, 3.05) is 26.2 Å². The first-order chi connectivity index (χ1) is 12.7. The lowest BCUT2D eigenvalue weighted by Gasteiger charge is -2.30. The highest BCUT2D eigenvalue weighted by atomic mass is 127. The Labute approximate surface area is 180 Å². The molecule has 27 heavy (non-hydrogen) atoms. The van der Waals surface area contributed by atoms with Crippen molar-refractivity contribution in [3.8, 4) is 0 Å². The van der Waals surface area contributed by atoms with Gasteiger partial charge in [0.1, 0.15) is 0 Å². The van der Waals surface area contributed by atoms with Crippen molar-refractivity contribution in [1.82, 2.24) is 25.3 Å². The molecule has 1 unspecified atom stereocenters. The van der Waals surface area contributed by atoms with Gasteiger partial charge in [-0.2, -0.15) is 5.10 Å². The van der Waals surface area contributed by atoms with Crippen LogP contribution in [-0.4, -0.2) is 46.8 Å². The number of hydrogen-bond acceptors (Lipinski definition) is 3. The van der Waals surface area contributed by atoms with Crippen molar-refractivity contribution in [2.24, 2.45) is 12.0 Å². The number of aryl methyl sites for hydroxylation is 1. The number of likely N-dealkylation sites (N-methyl/N-ethyl adjacent to an activating group) is 1. The van der Waals surface area contributed by atoms with Crippen LogP contribution in [0.2, 0.25) is 0 Å². The van der Waals surface area contributed by atoms with Crippen molar-refractivity contribution in [3.63, 3.8) is 0 Å². The normalized spacial score (nSPS) is 12.6. The summed E-state index contributed by atoms with van der Waals surface area (Å²) < 4.78 is 1.86. The van der Waals surface area contributed by atoms with Crippen molar-refractivity contribution >= 4 is 29.9 Å². The highest BCUT2D eigenvalue weighted by molar-refractivity contribution is 14.0. The van der Waals surface area contributed by atoms with Crippen LogP contribution >= 0.6 is 24.0 Å². The van der Waals surface area contributed by atoms with E-state index in [0.717, 1.165) is 37.8 Å². The summed E-state index contributed by atoms with van der Waals surface area (Å²) in [5.74, 6) is 0.835. The second-order valence-electron chi connectivity index (χ2n) is 6.17. The van der Waals surface area contributed by atoms with E-state index in [1.807, 2.05) is 17.8 Å². The largest absolute Gasteiger partial charge is 0.357 e. The van der Waals surface area contributed by atoms with Crippen molar-refractivity contribution in [1.29, 1.82) is 0 Å². The van der Waals surface area contributed by atoms with Crippen molar-refractivity contribution < 1.29 is 0 Å². The smallest absolute Gasteiger partial charge is 0.191 e. The summed E-state index contributed by atoms with van der Waals surface area (Å²) >= 11 is 0. The molecule has 0 aliphatic heterocycles. The molecule has 1 atom stereocenters. The van der Waals surface area contributed by atoms with Gasteiger partial charge in [-0.3, -0.25) is 9.58 Å². The second-order valence-corrected chi connectivity index (χ2v) is 6.17. The zero-order valence-corrected chi connectivity index (χ0v) is 19.2. The van der Waals surface area contributed by atoms with Crippen LogP contribution in [0, 0.1) is 0 Å². The monoisotopic (exact) mass is 484 g/mol. The van der Waals surface area contributed by atoms with Crippen LogP contribution in [0.25, 0.3) is 0 Å². The Morgan fingerprint density at radius 2 is 1.81 bits per heavy atom. The Balaban J connectivity index is 0.00000364. The zero-order chi connectivity index (χ0) is 18.8. The van der Waals surface area contributed by atoms with Crippen LogP contribution in [-0.2, 0) is 13.6 Å². The third kappa shape index (κ3) is 7.14. The molecule has 1 aromatic heterocycles. The third-order valence-electron chi connectivity index (χ3n) is 4.57. The second kappa shape index (κ2) is 12.7. The van der Waals surface area contributed by atoms with Crippen LogP contribution < -0.4 is 10.6 Å². The molecule has 0 saturated carbocycles. The Hall–Kier alpha value is -1.61. The molecule has 0 saturated heterocycles. The summed E-state index contributed by atoms with van der Waals surface area (Å²) in [5.41, 5.74) is 2.41. The number of nitrogens with zero attached hydrogens (tertiary/aromatic N) is 4. The number of guanidine groups is 1. The highest BCUT2D eigenvalue weighted by Gasteiger charge is 2.18. The van der Waals surface area contributed by atoms with Gasteiger partial charge in [-0.15, -0.1) is 24.0 Å². The fourth-order valence-corrected chi connectivity index (χ4v) is 3.05. The van der Waals surface area contributed by atoms with Crippen LogP contribution in [0.5, 0.6) is 0 Å². The van der Waals surface area contributed by atoms with Gasteiger partial charge >= 0.3 is 0 Å². The summed E-state index contributed by atoms with van der Waals surface area (Å²) in [4.78, 5) is 7.17. The lowest BCUT2D eigenvalue weighted by Crippen LogP contribution is -2.43. The van der Waals surface area contributed by atoms with E-state index < -0.39 is 0 Å². The molecule has 0 aliphatic carbocycles. The molecular formula is C20H33IN6. The maximum atomic E-state index is 4.71. The number of halogens is 1. The van der Waals surface area contributed by atoms with E-state index in [1.165, 1.54) is 5.56 Å². The molecule has 0 radical (unpaired) electrons. The first-order valence-corrected chi connectivity index (χ1v) is 9.47. The van der Waals surface area contributed by atoms with E-state index in [4.69, 9.17) is 4.99 Å². The standard InChI is InChI=1S/C20H32N6.HI/c1-5-21-20(22-15-18-13-14-24-25(18)4)23-16-19(26(6-2)7-3)17-11-9-8-10-12-17;/h8-14,19H,5-7,15-16H2,1-4H3,(H2,21,22,23);1H. The van der Waals surface area contributed by atoms with E-state index >= 15 is 0 Å². The minimum Gasteiger partial charge on any atom is -0.357 e. The van der Waals surface area contributed by atoms with Crippen molar-refractivity contribution in [2.45, 2.75) is 33.4 Å². The summed E-state index contributed by atoms with van der Waals surface area (Å²) in [5, 5.41) is 11.1. The minimum absolute atomic E-state index is 0. The average Bonchev–Trinajstić information content (AvgIpc) is 3.08. The average molecular weight is 484 g/mol. The molecule has 0 aliphatic rings. The molecule has 2 N–H and O–H groups in total. The SMILES string of the molecule is CCNC(=NCc1ccnn1C)NCC(c1ccccc1)N(CC)CC.I. The van der Waals surface area contributed by atoms with Gasteiger partial charge in [0, 0.05) is 26.3 Å². The van der Waals surface area contributed by atoms with E-state index in [0.29, 0.717) is 12.6 Å². The minimum atomic E-state index is 0. The quantitative estimate of drug-likeness (QED) is 0.326. The van der Waals surface area contributed by atoms with Gasteiger partial charge in [0.05, 0.1) is 18.3 Å². The topological polar surface area (TPSA) is 57.5 Å². The maximum absolute atomic E-state index is 4.71. The van der Waals surface area contributed by atoms with E-state index in [-0.39, 0.29) is 24.0 Å². The molecule has 1 heterocycles. The van der Waals surface area contributed by atoms with E-state index in [1.54, 1.807) is 6.20 Å². The van der Waals surface area contributed by atoms with Gasteiger partial charge < -0.3 is 10.6 Å². The fraction of sp³-hybridized carbons (Fsp3) is 0.500. The number of benzene rings is 1. The number of aromatic nitrogens is 2. The molecule has 0 spiro atoms. The fourth-order valence-electron chi connectivity index (χ4n) is 3.05. The Bertz CT molecular complexity index is 666. The molecule has 0 bridgehead atoms. The molecular weight excluding hydrogens is 451 g/mol. The Morgan fingerprint density at radius 1 is 1.11 bits per heavy atom. The molecule has 150 valence electrons. The third-order valence-corrected chi connectivity index (χ3v) is 4.57. The maximum Gasteiger partial charge on any atom is 0.191 e. The Kier molecular flexibility index (Phi) is 11.0. The van der Waals surface area contributed by atoms with Crippen LogP contribution in [0.3, 0.4) is 0 Å². The van der Waals surface area contributed by atoms with Gasteiger partial charge in [-0.1, -0.05) is 44.2 Å². The van der Waals surface area contributed by atoms with Crippen LogP contribution in [0.4, 0.5) is 0 Å². The summed E-state index contributed by atoms with van der Waals surface area (Å²) in [6, 6.07) is 13.0. The zero-order valence-electron chi connectivity index (χ0n) is 16.9. The van der Waals surface area contributed by atoms with Gasteiger partial charge in [0.15, 0.2) is 5.96 Å². The Morgan fingerprint density at radius 3 is 2.37 bits per heavy atom. The van der Waals surface area contributed by atoms with Crippen LogP contribution in [0.15, 0.2) is 47.6 Å². The summed E-state index contributed by atoms with van der Waals surface area (Å²) in [6.07, 6.45) is 1.80. The van der Waals surface area contributed by atoms with Gasteiger partial charge in [0.2, 0.25) is 0 Å². The molecule has 6 nitrogen and oxygen atoms in total. The summed E-state index contributed by atoms with van der Waals surface area (Å²) in [7, 11) is 1.94. The number of aliphatic imine (C=N–C) groups is 1. The first kappa shape index (κ1) is 23.4. The predicted molar refractivity (Wildman–Crippen MR) is 124 cm³/mol. The van der Waals surface area contributed by atoms with Crippen molar-refractivity contribution in [3.05, 3.63) is 53.9 Å². The lowest BCUT2D eigenvalue weighted by atomic mass is 10.1. The number of rotatable bonds is 9. The molecule has 0 fully saturated rings. The number of hydrogen-bond donors (Lipinski definition) is 2. The number of nitrogens with one attached hydrogen (secondary N) is 2. The van der Waals surface area contributed by atoms with Gasteiger partial charge in [-0.25, -0.2) is 4.99 Å². The molecule has 2 aromatic rings. The first-order valence-electron chi connectivity index (χ1n) is 9.47. The van der Waals surface area contributed by atoms with E-state index in [2.05, 4.69) is 71.7 Å². The predicted octanol–water partition coefficient (Wildman–Crippen LogP) is 3.18. The molecule has 1 aromatic carbocycles. The van der Waals surface area contributed by atoms with Crippen LogP contribution in [0.1, 0.15) is 38.1 Å². The van der Waals surface area contributed by atoms with Gasteiger partial charge in [-0.05, 0) is 31.6 Å². The molecule has 0 amide bonds.